The predicted molar refractivity (Wildman–Crippen MR) is 60.3 cm³/mol. The summed E-state index contributed by atoms with van der Waals surface area (Å²) in [6.07, 6.45) is 0. The van der Waals surface area contributed by atoms with Crippen molar-refractivity contribution in [3.05, 3.63) is 27.3 Å². The Hall–Kier alpha value is -0.780. The van der Waals surface area contributed by atoms with E-state index in [9.17, 15) is 4.79 Å². The molecular weight excluding hydrogens is 281 g/mol. The summed E-state index contributed by atoms with van der Waals surface area (Å²) in [6.45, 7) is 2.77. The number of nitrogens with one attached hydrogen (secondary N) is 1. The molecule has 1 rings (SSSR count). The van der Waals surface area contributed by atoms with Crippen molar-refractivity contribution in [2.24, 2.45) is 0 Å². The van der Waals surface area contributed by atoms with E-state index in [0.29, 0.717) is 5.56 Å². The highest BCUT2D eigenvalue weighted by atomic mass is 127. The summed E-state index contributed by atoms with van der Waals surface area (Å²) < 4.78 is 1.03. The summed E-state index contributed by atoms with van der Waals surface area (Å²) in [4.78, 5) is 10.6. The topological polar surface area (TPSA) is 49.3 Å². The van der Waals surface area contributed by atoms with Crippen molar-refractivity contribution in [1.29, 1.82) is 0 Å². The number of aromatic carboxylic acids is 1. The average molecular weight is 291 g/mol. The normalized spacial score (nSPS) is 9.69. The van der Waals surface area contributed by atoms with Crippen LogP contribution >= 0.6 is 22.6 Å². The van der Waals surface area contributed by atoms with E-state index in [1.54, 1.807) is 18.2 Å². The minimum Gasteiger partial charge on any atom is -0.478 e. The molecule has 4 heteroatoms. The van der Waals surface area contributed by atoms with Crippen LogP contribution in [0.15, 0.2) is 18.2 Å². The number of hydrogen-bond acceptors (Lipinski definition) is 2. The number of carboxylic acids is 1. The number of anilines is 1. The second kappa shape index (κ2) is 4.45. The van der Waals surface area contributed by atoms with Gasteiger partial charge in [0.25, 0.3) is 0 Å². The van der Waals surface area contributed by atoms with Crippen molar-refractivity contribution in [1.82, 2.24) is 0 Å². The van der Waals surface area contributed by atoms with Crippen LogP contribution in [0.2, 0.25) is 0 Å². The zero-order valence-electron chi connectivity index (χ0n) is 7.17. The Balaban J connectivity index is 3.03. The van der Waals surface area contributed by atoms with Gasteiger partial charge in [0.2, 0.25) is 0 Å². The Kier molecular flexibility index (Phi) is 3.53. The molecule has 13 heavy (non-hydrogen) atoms. The molecule has 0 amide bonds. The van der Waals surface area contributed by atoms with Gasteiger partial charge in [0.05, 0.1) is 5.56 Å². The quantitative estimate of drug-likeness (QED) is 0.841. The highest BCUT2D eigenvalue weighted by Crippen LogP contribution is 2.19. The number of rotatable bonds is 3. The molecule has 0 unspecified atom stereocenters. The van der Waals surface area contributed by atoms with Crippen molar-refractivity contribution in [2.45, 2.75) is 6.92 Å². The van der Waals surface area contributed by atoms with Crippen LogP contribution in [0, 0.1) is 3.57 Å². The molecule has 0 bridgehead atoms. The second-order valence-electron chi connectivity index (χ2n) is 2.53. The predicted octanol–water partition coefficient (Wildman–Crippen LogP) is 2.42. The van der Waals surface area contributed by atoms with Gasteiger partial charge < -0.3 is 10.4 Å². The molecule has 0 saturated heterocycles. The minimum absolute atomic E-state index is 0.316. The molecule has 3 nitrogen and oxygen atoms in total. The molecule has 70 valence electrons. The molecule has 0 atom stereocenters. The lowest BCUT2D eigenvalue weighted by Crippen LogP contribution is -2.02. The molecule has 0 aliphatic heterocycles. The van der Waals surface area contributed by atoms with E-state index in [1.807, 2.05) is 6.92 Å². The van der Waals surface area contributed by atoms with Gasteiger partial charge in [-0.15, -0.1) is 0 Å². The number of benzene rings is 1. The first-order chi connectivity index (χ1) is 6.15. The summed E-state index contributed by atoms with van der Waals surface area (Å²) in [5, 5.41) is 11.8. The zero-order chi connectivity index (χ0) is 9.84. The first-order valence-electron chi connectivity index (χ1n) is 3.92. The highest BCUT2D eigenvalue weighted by molar-refractivity contribution is 14.1. The van der Waals surface area contributed by atoms with Crippen LogP contribution in [0.3, 0.4) is 0 Å². The van der Waals surface area contributed by atoms with Crippen molar-refractivity contribution in [3.8, 4) is 0 Å². The summed E-state index contributed by atoms with van der Waals surface area (Å²) in [6, 6.07) is 5.04. The first kappa shape index (κ1) is 10.3. The van der Waals surface area contributed by atoms with Gasteiger partial charge >= 0.3 is 5.97 Å². The first-order valence-corrected chi connectivity index (χ1v) is 4.99. The molecular formula is C9H10INO2. The molecule has 1 aromatic carbocycles. The summed E-state index contributed by atoms with van der Waals surface area (Å²) in [5.74, 6) is -0.893. The molecule has 0 aliphatic rings. The minimum atomic E-state index is -0.893. The lowest BCUT2D eigenvalue weighted by molar-refractivity contribution is 0.0697. The van der Waals surface area contributed by atoms with Crippen molar-refractivity contribution >= 4 is 34.2 Å². The van der Waals surface area contributed by atoms with Gasteiger partial charge in [-0.1, -0.05) is 0 Å². The van der Waals surface area contributed by atoms with E-state index >= 15 is 0 Å². The lowest BCUT2D eigenvalue weighted by Gasteiger charge is -2.06. The number of carboxylic acid groups (broad SMARTS) is 1. The lowest BCUT2D eigenvalue weighted by atomic mass is 10.2. The Morgan fingerprint density at radius 1 is 1.62 bits per heavy atom. The fourth-order valence-electron chi connectivity index (χ4n) is 0.984. The van der Waals surface area contributed by atoms with Gasteiger partial charge in [0.15, 0.2) is 0 Å². The molecule has 0 fully saturated rings. The van der Waals surface area contributed by atoms with Crippen LogP contribution in [-0.2, 0) is 0 Å². The largest absolute Gasteiger partial charge is 0.478 e. The molecule has 0 aliphatic carbocycles. The molecule has 1 aromatic rings. The maximum Gasteiger partial charge on any atom is 0.335 e. The van der Waals surface area contributed by atoms with Crippen LogP contribution < -0.4 is 5.32 Å². The summed E-state index contributed by atoms with van der Waals surface area (Å²) in [7, 11) is 0. The number of halogens is 1. The SMILES string of the molecule is CCNc1cc(C(=O)O)ccc1I. The number of carbonyl (C=O) groups is 1. The van der Waals surface area contributed by atoms with Crippen LogP contribution in [0.1, 0.15) is 17.3 Å². The molecule has 0 heterocycles. The monoisotopic (exact) mass is 291 g/mol. The highest BCUT2D eigenvalue weighted by Gasteiger charge is 2.05. The molecule has 0 radical (unpaired) electrons. The van der Waals surface area contributed by atoms with Gasteiger partial charge in [0.1, 0.15) is 0 Å². The van der Waals surface area contributed by atoms with Gasteiger partial charge in [-0.2, -0.15) is 0 Å². The van der Waals surface area contributed by atoms with Crippen LogP contribution in [0.5, 0.6) is 0 Å². The molecule has 0 saturated carbocycles. The average Bonchev–Trinajstić information content (AvgIpc) is 2.08. The van der Waals surface area contributed by atoms with E-state index in [4.69, 9.17) is 5.11 Å². The van der Waals surface area contributed by atoms with Crippen LogP contribution in [-0.4, -0.2) is 17.6 Å². The van der Waals surface area contributed by atoms with Gasteiger partial charge in [0, 0.05) is 15.8 Å². The van der Waals surface area contributed by atoms with Crippen molar-refractivity contribution < 1.29 is 9.90 Å². The van der Waals surface area contributed by atoms with E-state index in [-0.39, 0.29) is 0 Å². The van der Waals surface area contributed by atoms with Crippen molar-refractivity contribution in [3.63, 3.8) is 0 Å². The Morgan fingerprint density at radius 3 is 2.85 bits per heavy atom. The summed E-state index contributed by atoms with van der Waals surface area (Å²) >= 11 is 2.17. The third-order valence-electron chi connectivity index (χ3n) is 1.58. The second-order valence-corrected chi connectivity index (χ2v) is 3.69. The van der Waals surface area contributed by atoms with Gasteiger partial charge in [-0.3, -0.25) is 0 Å². The van der Waals surface area contributed by atoms with Gasteiger partial charge in [-0.25, -0.2) is 4.79 Å². The standard InChI is InChI=1S/C9H10INO2/c1-2-11-8-5-6(9(12)13)3-4-7(8)10/h3-5,11H,2H2,1H3,(H,12,13). The fraction of sp³-hybridized carbons (Fsp3) is 0.222. The van der Waals surface area contributed by atoms with E-state index in [1.165, 1.54) is 0 Å². The maximum absolute atomic E-state index is 10.6. The third-order valence-corrected chi connectivity index (χ3v) is 2.52. The smallest absolute Gasteiger partial charge is 0.335 e. The fourth-order valence-corrected chi connectivity index (χ4v) is 1.51. The van der Waals surface area contributed by atoms with Crippen LogP contribution in [0.25, 0.3) is 0 Å². The molecule has 0 spiro atoms. The summed E-state index contributed by atoms with van der Waals surface area (Å²) in [5.41, 5.74) is 1.19. The Morgan fingerprint density at radius 2 is 2.31 bits per heavy atom. The van der Waals surface area contributed by atoms with E-state index in [2.05, 4.69) is 27.9 Å². The molecule has 2 N–H and O–H groups in total. The van der Waals surface area contributed by atoms with Crippen LogP contribution in [0.4, 0.5) is 5.69 Å². The molecule has 0 aromatic heterocycles. The van der Waals surface area contributed by atoms with E-state index < -0.39 is 5.97 Å². The number of hydrogen-bond donors (Lipinski definition) is 2. The third kappa shape index (κ3) is 2.58. The maximum atomic E-state index is 10.6. The Bertz CT molecular complexity index is 325. The Labute approximate surface area is 90.3 Å². The van der Waals surface area contributed by atoms with E-state index in [0.717, 1.165) is 15.8 Å². The van der Waals surface area contributed by atoms with Gasteiger partial charge in [-0.05, 0) is 47.7 Å². The van der Waals surface area contributed by atoms with Crippen molar-refractivity contribution in [2.75, 3.05) is 11.9 Å². The zero-order valence-corrected chi connectivity index (χ0v) is 9.33.